The van der Waals surface area contributed by atoms with Crippen LogP contribution in [-0.2, 0) is 0 Å². The summed E-state index contributed by atoms with van der Waals surface area (Å²) in [6, 6.07) is 6.08. The first kappa shape index (κ1) is 18.2. The van der Waals surface area contributed by atoms with Crippen LogP contribution < -0.4 is 14.2 Å². The maximum Gasteiger partial charge on any atom is 0.231 e. The molecule has 0 amide bonds. The minimum absolute atomic E-state index is 0. The van der Waals surface area contributed by atoms with Crippen molar-refractivity contribution in [3.63, 3.8) is 0 Å². The van der Waals surface area contributed by atoms with Gasteiger partial charge in [-0.1, -0.05) is 19.3 Å². The summed E-state index contributed by atoms with van der Waals surface area (Å²) < 4.78 is 16.3. The third kappa shape index (κ3) is 4.90. The van der Waals surface area contributed by atoms with Crippen molar-refractivity contribution in [2.45, 2.75) is 44.2 Å². The lowest BCUT2D eigenvalue weighted by Gasteiger charge is -2.32. The minimum atomic E-state index is -0.489. The monoisotopic (exact) mass is 343 g/mol. The molecule has 1 aliphatic carbocycles. The van der Waals surface area contributed by atoms with Gasteiger partial charge in [-0.25, -0.2) is 0 Å². The summed E-state index contributed by atoms with van der Waals surface area (Å²) in [5.74, 6) is 2.14. The normalized spacial score (nSPS) is 18.6. The van der Waals surface area contributed by atoms with Gasteiger partial charge >= 0.3 is 0 Å². The van der Waals surface area contributed by atoms with E-state index in [1.807, 2.05) is 12.1 Å². The van der Waals surface area contributed by atoms with Crippen LogP contribution in [-0.4, -0.2) is 49.1 Å². The second-order valence-corrected chi connectivity index (χ2v) is 6.21. The number of aliphatic hydroxyl groups is 1. The third-order valence-electron chi connectivity index (χ3n) is 4.48. The zero-order chi connectivity index (χ0) is 15.4. The molecule has 1 saturated carbocycles. The molecule has 1 aliphatic heterocycles. The number of benzene rings is 1. The molecule has 5 nitrogen and oxygen atoms in total. The Bertz CT molecular complexity index is 493. The van der Waals surface area contributed by atoms with Gasteiger partial charge in [0.2, 0.25) is 6.79 Å². The summed E-state index contributed by atoms with van der Waals surface area (Å²) >= 11 is 0. The Morgan fingerprint density at radius 3 is 2.74 bits per heavy atom. The predicted molar refractivity (Wildman–Crippen MR) is 90.8 cm³/mol. The lowest BCUT2D eigenvalue weighted by molar-refractivity contribution is 0.0561. The number of hydrogen-bond acceptors (Lipinski definition) is 5. The zero-order valence-electron chi connectivity index (χ0n) is 13.6. The van der Waals surface area contributed by atoms with Crippen LogP contribution in [0.5, 0.6) is 17.2 Å². The number of hydrogen-bond donors (Lipinski definition) is 1. The van der Waals surface area contributed by atoms with Crippen molar-refractivity contribution in [3.05, 3.63) is 18.2 Å². The molecule has 1 unspecified atom stereocenters. The smallest absolute Gasteiger partial charge is 0.231 e. The second-order valence-electron chi connectivity index (χ2n) is 6.21. The average molecular weight is 344 g/mol. The van der Waals surface area contributed by atoms with Crippen LogP contribution in [0.25, 0.3) is 0 Å². The number of halogens is 1. The molecule has 1 fully saturated rings. The van der Waals surface area contributed by atoms with Crippen LogP contribution >= 0.6 is 12.4 Å². The van der Waals surface area contributed by atoms with E-state index in [0.29, 0.717) is 24.1 Å². The van der Waals surface area contributed by atoms with E-state index in [9.17, 15) is 5.11 Å². The molecule has 23 heavy (non-hydrogen) atoms. The third-order valence-corrected chi connectivity index (χ3v) is 4.48. The van der Waals surface area contributed by atoms with Gasteiger partial charge in [-0.05, 0) is 32.0 Å². The van der Waals surface area contributed by atoms with Gasteiger partial charge in [0, 0.05) is 18.7 Å². The summed E-state index contributed by atoms with van der Waals surface area (Å²) in [5, 5.41) is 10.2. The number of likely N-dealkylation sites (N-methyl/N-ethyl adjacent to an activating group) is 1. The number of nitrogens with zero attached hydrogens (tertiary/aromatic N) is 1. The van der Waals surface area contributed by atoms with Gasteiger partial charge in [0.05, 0.1) is 0 Å². The van der Waals surface area contributed by atoms with Crippen molar-refractivity contribution in [2.24, 2.45) is 0 Å². The van der Waals surface area contributed by atoms with E-state index in [1.165, 1.54) is 32.1 Å². The van der Waals surface area contributed by atoms with Crippen molar-refractivity contribution in [1.82, 2.24) is 4.90 Å². The number of fused-ring (bicyclic) bond motifs is 1. The first-order chi connectivity index (χ1) is 10.7. The molecule has 0 bridgehead atoms. The highest BCUT2D eigenvalue weighted by atomic mass is 35.5. The Morgan fingerprint density at radius 1 is 1.22 bits per heavy atom. The van der Waals surface area contributed by atoms with Crippen LogP contribution in [0.15, 0.2) is 18.2 Å². The molecule has 0 aromatic heterocycles. The van der Waals surface area contributed by atoms with Crippen LogP contribution in [0.1, 0.15) is 32.1 Å². The van der Waals surface area contributed by atoms with Gasteiger partial charge < -0.3 is 24.2 Å². The summed E-state index contributed by atoms with van der Waals surface area (Å²) in [4.78, 5) is 2.27. The van der Waals surface area contributed by atoms with E-state index >= 15 is 0 Å². The second kappa shape index (κ2) is 8.62. The van der Waals surface area contributed by atoms with E-state index < -0.39 is 6.10 Å². The van der Waals surface area contributed by atoms with Crippen LogP contribution in [0, 0.1) is 0 Å². The predicted octanol–water partition coefficient (Wildman–Crippen LogP) is 2.84. The zero-order valence-corrected chi connectivity index (χ0v) is 14.4. The molecule has 0 saturated heterocycles. The fourth-order valence-electron chi connectivity index (χ4n) is 3.22. The lowest BCUT2D eigenvalue weighted by Crippen LogP contribution is -2.40. The molecular formula is C17H26ClNO4. The highest BCUT2D eigenvalue weighted by Gasteiger charge is 2.20. The molecule has 3 rings (SSSR count). The average Bonchev–Trinajstić information content (AvgIpc) is 3.01. The quantitative estimate of drug-likeness (QED) is 0.860. The molecule has 1 heterocycles. The summed E-state index contributed by atoms with van der Waals surface area (Å²) in [7, 11) is 2.10. The Kier molecular flexibility index (Phi) is 6.81. The highest BCUT2D eigenvalue weighted by molar-refractivity contribution is 5.85. The fraction of sp³-hybridized carbons (Fsp3) is 0.647. The Labute approximate surface area is 143 Å². The Hall–Kier alpha value is -1.17. The van der Waals surface area contributed by atoms with E-state index in [2.05, 4.69) is 11.9 Å². The molecule has 130 valence electrons. The maximum atomic E-state index is 10.2. The van der Waals surface area contributed by atoms with Crippen LogP contribution in [0.2, 0.25) is 0 Å². The van der Waals surface area contributed by atoms with Gasteiger partial charge in [0.15, 0.2) is 11.5 Å². The largest absolute Gasteiger partial charge is 0.491 e. The Balaban J connectivity index is 0.00000192. The molecule has 1 atom stereocenters. The van der Waals surface area contributed by atoms with Crippen molar-refractivity contribution in [3.8, 4) is 17.2 Å². The number of aliphatic hydroxyl groups excluding tert-OH is 1. The van der Waals surface area contributed by atoms with Gasteiger partial charge in [-0.2, -0.15) is 0 Å². The summed E-state index contributed by atoms with van der Waals surface area (Å²) in [6.45, 7) is 1.19. The van der Waals surface area contributed by atoms with Gasteiger partial charge in [-0.3, -0.25) is 0 Å². The first-order valence-electron chi connectivity index (χ1n) is 8.13. The highest BCUT2D eigenvalue weighted by Crippen LogP contribution is 2.35. The van der Waals surface area contributed by atoms with E-state index in [-0.39, 0.29) is 25.8 Å². The van der Waals surface area contributed by atoms with Crippen molar-refractivity contribution >= 4 is 12.4 Å². The summed E-state index contributed by atoms with van der Waals surface area (Å²) in [5.41, 5.74) is 0. The molecule has 1 aromatic rings. The van der Waals surface area contributed by atoms with E-state index in [4.69, 9.17) is 14.2 Å². The van der Waals surface area contributed by atoms with Gasteiger partial charge in [0.1, 0.15) is 18.5 Å². The van der Waals surface area contributed by atoms with Gasteiger partial charge in [-0.15, -0.1) is 12.4 Å². The number of rotatable bonds is 6. The lowest BCUT2D eigenvalue weighted by atomic mass is 9.94. The Morgan fingerprint density at radius 2 is 1.96 bits per heavy atom. The maximum absolute atomic E-state index is 10.2. The first-order valence-corrected chi connectivity index (χ1v) is 8.13. The molecule has 0 spiro atoms. The molecule has 2 aliphatic rings. The van der Waals surface area contributed by atoms with E-state index in [0.717, 1.165) is 5.75 Å². The SMILES string of the molecule is CN(CC(O)COc1ccc2c(c1)OCO2)C1CCCCC1.Cl. The van der Waals surface area contributed by atoms with Crippen LogP contribution in [0.4, 0.5) is 0 Å². The molecule has 1 N–H and O–H groups in total. The van der Waals surface area contributed by atoms with Gasteiger partial charge in [0.25, 0.3) is 0 Å². The standard InChI is InChI=1S/C17H25NO4.ClH/c1-18(13-5-3-2-4-6-13)10-14(19)11-20-15-7-8-16-17(9-15)22-12-21-16;/h7-9,13-14,19H,2-6,10-12H2,1H3;1H. The fourth-order valence-corrected chi connectivity index (χ4v) is 3.22. The number of ether oxygens (including phenoxy) is 3. The van der Waals surface area contributed by atoms with Crippen LogP contribution in [0.3, 0.4) is 0 Å². The molecular weight excluding hydrogens is 318 g/mol. The van der Waals surface area contributed by atoms with Crippen molar-refractivity contribution < 1.29 is 19.3 Å². The molecule has 1 aromatic carbocycles. The van der Waals surface area contributed by atoms with E-state index in [1.54, 1.807) is 6.07 Å². The summed E-state index contributed by atoms with van der Waals surface area (Å²) in [6.07, 6.45) is 5.95. The van der Waals surface area contributed by atoms with Crippen molar-refractivity contribution in [1.29, 1.82) is 0 Å². The molecule has 6 heteroatoms. The van der Waals surface area contributed by atoms with Crippen molar-refractivity contribution in [2.75, 3.05) is 27.0 Å². The topological polar surface area (TPSA) is 51.2 Å². The molecule has 0 radical (unpaired) electrons. The minimum Gasteiger partial charge on any atom is -0.491 e.